The SMILES string of the molecule is CCC1CCC(CNC)(OCCC2CC2)CC1. The van der Waals surface area contributed by atoms with Crippen LogP contribution in [0.25, 0.3) is 0 Å². The molecule has 0 aliphatic heterocycles. The molecule has 2 heteroatoms. The van der Waals surface area contributed by atoms with E-state index in [1.165, 1.54) is 51.4 Å². The van der Waals surface area contributed by atoms with Crippen LogP contribution in [0.5, 0.6) is 0 Å². The third-order valence-corrected chi connectivity index (χ3v) is 4.72. The Morgan fingerprint density at radius 1 is 1.12 bits per heavy atom. The van der Waals surface area contributed by atoms with Gasteiger partial charge in [0.25, 0.3) is 0 Å². The summed E-state index contributed by atoms with van der Waals surface area (Å²) >= 11 is 0. The van der Waals surface area contributed by atoms with Crippen LogP contribution in [0, 0.1) is 11.8 Å². The molecule has 0 saturated heterocycles. The number of hydrogen-bond donors (Lipinski definition) is 1. The van der Waals surface area contributed by atoms with Crippen molar-refractivity contribution in [2.45, 2.75) is 63.9 Å². The van der Waals surface area contributed by atoms with Crippen LogP contribution in [-0.4, -0.2) is 25.8 Å². The third kappa shape index (κ3) is 3.96. The van der Waals surface area contributed by atoms with Gasteiger partial charge in [-0.1, -0.05) is 26.2 Å². The molecule has 2 aliphatic carbocycles. The summed E-state index contributed by atoms with van der Waals surface area (Å²) in [5.41, 5.74) is 0.162. The van der Waals surface area contributed by atoms with Gasteiger partial charge in [0.2, 0.25) is 0 Å². The van der Waals surface area contributed by atoms with Crippen molar-refractivity contribution in [3.63, 3.8) is 0 Å². The van der Waals surface area contributed by atoms with Crippen LogP contribution in [-0.2, 0) is 4.74 Å². The minimum atomic E-state index is 0.162. The highest BCUT2D eigenvalue weighted by atomic mass is 16.5. The second-order valence-electron chi connectivity index (χ2n) is 6.15. The summed E-state index contributed by atoms with van der Waals surface area (Å²) < 4.78 is 6.29. The Balaban J connectivity index is 1.76. The van der Waals surface area contributed by atoms with E-state index in [9.17, 15) is 0 Å². The fourth-order valence-electron chi connectivity index (χ4n) is 3.15. The van der Waals surface area contributed by atoms with Gasteiger partial charge in [-0.2, -0.15) is 0 Å². The number of rotatable bonds is 7. The van der Waals surface area contributed by atoms with E-state index in [1.807, 2.05) is 0 Å². The van der Waals surface area contributed by atoms with E-state index < -0.39 is 0 Å². The van der Waals surface area contributed by atoms with Crippen LogP contribution in [0.4, 0.5) is 0 Å². The minimum Gasteiger partial charge on any atom is -0.374 e. The van der Waals surface area contributed by atoms with Gasteiger partial charge in [0.05, 0.1) is 5.60 Å². The second-order valence-corrected chi connectivity index (χ2v) is 6.15. The monoisotopic (exact) mass is 239 g/mol. The molecule has 0 aromatic carbocycles. The van der Waals surface area contributed by atoms with E-state index >= 15 is 0 Å². The Morgan fingerprint density at radius 2 is 1.82 bits per heavy atom. The van der Waals surface area contributed by atoms with Gasteiger partial charge in [-0.3, -0.25) is 0 Å². The summed E-state index contributed by atoms with van der Waals surface area (Å²) in [5.74, 6) is 1.95. The molecule has 0 heterocycles. The van der Waals surface area contributed by atoms with Crippen LogP contribution in [0.15, 0.2) is 0 Å². The maximum Gasteiger partial charge on any atom is 0.0806 e. The lowest BCUT2D eigenvalue weighted by Crippen LogP contribution is -2.45. The highest BCUT2D eigenvalue weighted by Crippen LogP contribution is 2.37. The van der Waals surface area contributed by atoms with Gasteiger partial charge in [-0.15, -0.1) is 0 Å². The molecular formula is C15H29NO. The smallest absolute Gasteiger partial charge is 0.0806 e. The van der Waals surface area contributed by atoms with Gasteiger partial charge in [-0.25, -0.2) is 0 Å². The van der Waals surface area contributed by atoms with Gasteiger partial charge in [0.1, 0.15) is 0 Å². The zero-order chi connectivity index (χ0) is 12.1. The van der Waals surface area contributed by atoms with Crippen LogP contribution >= 0.6 is 0 Å². The normalized spacial score (nSPS) is 33.9. The van der Waals surface area contributed by atoms with Crippen molar-refractivity contribution in [1.29, 1.82) is 0 Å². The molecule has 2 rings (SSSR count). The summed E-state index contributed by atoms with van der Waals surface area (Å²) in [6.07, 6.45) is 10.8. The lowest BCUT2D eigenvalue weighted by molar-refractivity contribution is -0.0774. The number of nitrogens with one attached hydrogen (secondary N) is 1. The maximum atomic E-state index is 6.29. The molecule has 0 radical (unpaired) electrons. The summed E-state index contributed by atoms with van der Waals surface area (Å²) in [6.45, 7) is 4.35. The first-order valence-electron chi connectivity index (χ1n) is 7.56. The van der Waals surface area contributed by atoms with Crippen molar-refractivity contribution in [2.24, 2.45) is 11.8 Å². The Bertz CT molecular complexity index is 217. The standard InChI is InChI=1S/C15H29NO/c1-3-13-6-9-15(10-7-13,12-16-2)17-11-8-14-4-5-14/h13-14,16H,3-12H2,1-2H3. The third-order valence-electron chi connectivity index (χ3n) is 4.72. The van der Waals surface area contributed by atoms with Gasteiger partial charge < -0.3 is 10.1 Å². The molecule has 2 aliphatic rings. The lowest BCUT2D eigenvalue weighted by atomic mass is 9.77. The van der Waals surface area contributed by atoms with Crippen LogP contribution in [0.1, 0.15) is 58.3 Å². The zero-order valence-corrected chi connectivity index (χ0v) is 11.6. The molecule has 2 fully saturated rings. The Hall–Kier alpha value is -0.0800. The molecule has 0 aromatic heterocycles. The predicted molar refractivity (Wildman–Crippen MR) is 72.2 cm³/mol. The van der Waals surface area contributed by atoms with Crippen molar-refractivity contribution in [3.05, 3.63) is 0 Å². The van der Waals surface area contributed by atoms with Gasteiger partial charge in [0.15, 0.2) is 0 Å². The summed E-state index contributed by atoms with van der Waals surface area (Å²) in [7, 11) is 2.05. The van der Waals surface area contributed by atoms with Crippen LogP contribution in [0.3, 0.4) is 0 Å². The first-order valence-corrected chi connectivity index (χ1v) is 7.56. The number of ether oxygens (including phenoxy) is 1. The molecule has 1 N–H and O–H groups in total. The van der Waals surface area contributed by atoms with E-state index in [0.717, 1.165) is 25.0 Å². The zero-order valence-electron chi connectivity index (χ0n) is 11.6. The van der Waals surface area contributed by atoms with E-state index in [-0.39, 0.29) is 5.60 Å². The molecule has 0 spiro atoms. The van der Waals surface area contributed by atoms with Crippen molar-refractivity contribution < 1.29 is 4.74 Å². The quantitative estimate of drug-likeness (QED) is 0.735. The molecule has 0 unspecified atom stereocenters. The Labute approximate surface area is 107 Å². The van der Waals surface area contributed by atoms with Crippen molar-refractivity contribution in [1.82, 2.24) is 5.32 Å². The molecule has 2 saturated carbocycles. The van der Waals surface area contributed by atoms with Gasteiger partial charge >= 0.3 is 0 Å². The van der Waals surface area contributed by atoms with Crippen molar-refractivity contribution >= 4 is 0 Å². The molecular weight excluding hydrogens is 210 g/mol. The first-order chi connectivity index (χ1) is 8.28. The summed E-state index contributed by atoms with van der Waals surface area (Å²) in [5, 5.41) is 3.34. The fraction of sp³-hybridized carbons (Fsp3) is 1.00. The number of hydrogen-bond acceptors (Lipinski definition) is 2. The number of likely N-dealkylation sites (N-methyl/N-ethyl adjacent to an activating group) is 1. The van der Waals surface area contributed by atoms with Gasteiger partial charge in [-0.05, 0) is 51.0 Å². The molecule has 100 valence electrons. The average Bonchev–Trinajstić information content (AvgIpc) is 3.15. The molecule has 2 nitrogen and oxygen atoms in total. The fourth-order valence-corrected chi connectivity index (χ4v) is 3.15. The molecule has 0 atom stereocenters. The Kier molecular flexibility index (Phi) is 4.87. The maximum absolute atomic E-state index is 6.29. The molecule has 0 amide bonds. The summed E-state index contributed by atoms with van der Waals surface area (Å²) in [4.78, 5) is 0. The predicted octanol–water partition coefficient (Wildman–Crippen LogP) is 3.36. The Morgan fingerprint density at radius 3 is 2.35 bits per heavy atom. The minimum absolute atomic E-state index is 0.162. The van der Waals surface area contributed by atoms with E-state index in [0.29, 0.717) is 0 Å². The van der Waals surface area contributed by atoms with Crippen molar-refractivity contribution in [2.75, 3.05) is 20.2 Å². The highest BCUT2D eigenvalue weighted by Gasteiger charge is 2.35. The molecule has 0 aromatic rings. The summed E-state index contributed by atoms with van der Waals surface area (Å²) in [6, 6.07) is 0. The average molecular weight is 239 g/mol. The van der Waals surface area contributed by atoms with E-state index in [2.05, 4.69) is 19.3 Å². The second kappa shape index (κ2) is 6.19. The van der Waals surface area contributed by atoms with E-state index in [1.54, 1.807) is 0 Å². The van der Waals surface area contributed by atoms with Crippen molar-refractivity contribution in [3.8, 4) is 0 Å². The largest absolute Gasteiger partial charge is 0.374 e. The lowest BCUT2D eigenvalue weighted by Gasteiger charge is -2.40. The van der Waals surface area contributed by atoms with Crippen LogP contribution in [0.2, 0.25) is 0 Å². The highest BCUT2D eigenvalue weighted by molar-refractivity contribution is 4.89. The van der Waals surface area contributed by atoms with E-state index in [4.69, 9.17) is 4.74 Å². The first kappa shape index (κ1) is 13.4. The molecule has 17 heavy (non-hydrogen) atoms. The topological polar surface area (TPSA) is 21.3 Å². The molecule has 0 bridgehead atoms. The van der Waals surface area contributed by atoms with Crippen LogP contribution < -0.4 is 5.32 Å². The van der Waals surface area contributed by atoms with Gasteiger partial charge in [0, 0.05) is 13.2 Å².